The lowest BCUT2D eigenvalue weighted by molar-refractivity contribution is 0.266. The van der Waals surface area contributed by atoms with Crippen molar-refractivity contribution in [1.82, 2.24) is 0 Å². The van der Waals surface area contributed by atoms with E-state index in [0.29, 0.717) is 13.2 Å². The normalized spacial score (nSPS) is 10.5. The summed E-state index contributed by atoms with van der Waals surface area (Å²) in [6.07, 6.45) is 0.762. The van der Waals surface area contributed by atoms with Crippen LogP contribution in [0, 0.1) is 0 Å². The van der Waals surface area contributed by atoms with Crippen LogP contribution >= 0.6 is 15.9 Å². The average Bonchev–Trinajstić information content (AvgIpc) is 2.77. The molecular formula is C13H14BrNO2. The summed E-state index contributed by atoms with van der Waals surface area (Å²) in [6.45, 7) is 1.03. The van der Waals surface area contributed by atoms with Gasteiger partial charge in [0.15, 0.2) is 0 Å². The van der Waals surface area contributed by atoms with Crippen LogP contribution in [0.25, 0.3) is 0 Å². The zero-order valence-electron chi connectivity index (χ0n) is 9.36. The molecule has 2 aromatic rings. The minimum Gasteiger partial charge on any atom is -0.486 e. The van der Waals surface area contributed by atoms with E-state index in [1.54, 1.807) is 0 Å². The van der Waals surface area contributed by atoms with Crippen LogP contribution in [0.2, 0.25) is 0 Å². The topological polar surface area (TPSA) is 48.4 Å². The summed E-state index contributed by atoms with van der Waals surface area (Å²) in [5.74, 6) is 2.54. The molecule has 0 spiro atoms. The minimum absolute atomic E-state index is 0.437. The molecule has 0 unspecified atom stereocenters. The third kappa shape index (κ3) is 3.61. The highest BCUT2D eigenvalue weighted by atomic mass is 79.9. The molecule has 90 valence electrons. The highest BCUT2D eigenvalue weighted by molar-refractivity contribution is 9.10. The van der Waals surface area contributed by atoms with Crippen molar-refractivity contribution in [2.45, 2.75) is 13.0 Å². The molecule has 2 N–H and O–H groups in total. The third-order valence-corrected chi connectivity index (χ3v) is 2.83. The number of furan rings is 1. The first-order chi connectivity index (χ1) is 8.28. The van der Waals surface area contributed by atoms with Crippen molar-refractivity contribution in [3.8, 4) is 5.75 Å². The van der Waals surface area contributed by atoms with Crippen molar-refractivity contribution in [3.63, 3.8) is 0 Å². The highest BCUT2D eigenvalue weighted by Crippen LogP contribution is 2.18. The molecular weight excluding hydrogens is 282 g/mol. The first-order valence-electron chi connectivity index (χ1n) is 5.44. The van der Waals surface area contributed by atoms with E-state index in [0.717, 1.165) is 28.2 Å². The van der Waals surface area contributed by atoms with E-state index in [-0.39, 0.29) is 0 Å². The molecule has 0 atom stereocenters. The molecule has 0 radical (unpaired) electrons. The van der Waals surface area contributed by atoms with Crippen molar-refractivity contribution in [3.05, 3.63) is 52.4 Å². The predicted molar refractivity (Wildman–Crippen MR) is 69.9 cm³/mol. The van der Waals surface area contributed by atoms with Crippen LogP contribution in [0.3, 0.4) is 0 Å². The molecule has 1 aromatic heterocycles. The second-order valence-electron chi connectivity index (χ2n) is 3.65. The van der Waals surface area contributed by atoms with Crippen molar-refractivity contribution < 1.29 is 9.15 Å². The summed E-state index contributed by atoms with van der Waals surface area (Å²) < 4.78 is 12.2. The van der Waals surface area contributed by atoms with Gasteiger partial charge in [0, 0.05) is 10.9 Å². The Morgan fingerprint density at radius 3 is 2.47 bits per heavy atom. The molecule has 17 heavy (non-hydrogen) atoms. The number of rotatable bonds is 5. The van der Waals surface area contributed by atoms with Crippen LogP contribution in [0.5, 0.6) is 5.75 Å². The summed E-state index contributed by atoms with van der Waals surface area (Å²) in [5.41, 5.74) is 5.45. The lowest BCUT2D eigenvalue weighted by atomic mass is 10.3. The van der Waals surface area contributed by atoms with Crippen molar-refractivity contribution in [2.24, 2.45) is 5.73 Å². The fourth-order valence-corrected chi connectivity index (χ4v) is 1.73. The molecule has 1 aromatic carbocycles. The predicted octanol–water partition coefficient (Wildman–Crippen LogP) is 3.12. The number of halogens is 1. The Kier molecular flexibility index (Phi) is 4.23. The minimum atomic E-state index is 0.437. The Morgan fingerprint density at radius 1 is 1.06 bits per heavy atom. The van der Waals surface area contributed by atoms with Gasteiger partial charge in [0.1, 0.15) is 23.9 Å². The maximum atomic E-state index is 5.59. The fraction of sp³-hybridized carbons (Fsp3) is 0.231. The molecule has 3 nitrogen and oxygen atoms in total. The largest absolute Gasteiger partial charge is 0.486 e. The molecule has 0 fully saturated rings. The lowest BCUT2D eigenvalue weighted by Gasteiger charge is -2.03. The SMILES string of the molecule is NCCc1ccc(COc2ccc(Br)cc2)o1. The molecule has 0 aliphatic heterocycles. The molecule has 2 rings (SSSR count). The monoisotopic (exact) mass is 295 g/mol. The zero-order valence-corrected chi connectivity index (χ0v) is 10.9. The Hall–Kier alpha value is -1.26. The summed E-state index contributed by atoms with van der Waals surface area (Å²) in [4.78, 5) is 0. The first kappa shape index (κ1) is 12.2. The van der Waals surface area contributed by atoms with Crippen molar-refractivity contribution in [1.29, 1.82) is 0 Å². The standard InChI is InChI=1S/C13H14BrNO2/c14-10-1-3-11(4-2-10)16-9-13-6-5-12(17-13)7-8-15/h1-6H,7-9,15H2. The van der Waals surface area contributed by atoms with Gasteiger partial charge in [-0.2, -0.15) is 0 Å². The Balaban J connectivity index is 1.90. The first-order valence-corrected chi connectivity index (χ1v) is 6.23. The van der Waals surface area contributed by atoms with Gasteiger partial charge in [-0.25, -0.2) is 0 Å². The van der Waals surface area contributed by atoms with Gasteiger partial charge in [-0.1, -0.05) is 15.9 Å². The Labute approximate surface area is 109 Å². The fourth-order valence-electron chi connectivity index (χ4n) is 1.46. The molecule has 0 saturated carbocycles. The maximum absolute atomic E-state index is 5.59. The van der Waals surface area contributed by atoms with Gasteiger partial charge < -0.3 is 14.9 Å². The van der Waals surface area contributed by atoms with Gasteiger partial charge in [0.2, 0.25) is 0 Å². The van der Waals surface area contributed by atoms with E-state index in [2.05, 4.69) is 15.9 Å². The van der Waals surface area contributed by atoms with Crippen LogP contribution in [0.1, 0.15) is 11.5 Å². The van der Waals surface area contributed by atoms with Crippen LogP contribution in [0.15, 0.2) is 45.3 Å². The summed E-state index contributed by atoms with van der Waals surface area (Å²) in [6, 6.07) is 11.6. The second-order valence-corrected chi connectivity index (χ2v) is 4.56. The van der Waals surface area contributed by atoms with Crippen molar-refractivity contribution in [2.75, 3.05) is 6.54 Å². The Bertz CT molecular complexity index is 465. The smallest absolute Gasteiger partial charge is 0.146 e. The van der Waals surface area contributed by atoms with Gasteiger partial charge >= 0.3 is 0 Å². The van der Waals surface area contributed by atoms with Crippen molar-refractivity contribution >= 4 is 15.9 Å². The zero-order chi connectivity index (χ0) is 12.1. The summed E-state index contributed by atoms with van der Waals surface area (Å²) >= 11 is 3.38. The van der Waals surface area contributed by atoms with Gasteiger partial charge in [0.05, 0.1) is 0 Å². The number of hydrogen-bond acceptors (Lipinski definition) is 3. The van der Waals surface area contributed by atoms with Crippen LogP contribution in [-0.4, -0.2) is 6.54 Å². The molecule has 0 amide bonds. The molecule has 0 aliphatic rings. The molecule has 1 heterocycles. The average molecular weight is 296 g/mol. The molecule has 4 heteroatoms. The van der Waals surface area contributed by atoms with E-state index in [9.17, 15) is 0 Å². The third-order valence-electron chi connectivity index (χ3n) is 2.30. The number of benzene rings is 1. The van der Waals surface area contributed by atoms with E-state index in [1.807, 2.05) is 36.4 Å². The lowest BCUT2D eigenvalue weighted by Crippen LogP contribution is -2.01. The summed E-state index contributed by atoms with van der Waals surface area (Å²) in [7, 11) is 0. The highest BCUT2D eigenvalue weighted by Gasteiger charge is 2.02. The van der Waals surface area contributed by atoms with E-state index < -0.39 is 0 Å². The van der Waals surface area contributed by atoms with E-state index in [1.165, 1.54) is 0 Å². The summed E-state index contributed by atoms with van der Waals surface area (Å²) in [5, 5.41) is 0. The molecule has 0 bridgehead atoms. The van der Waals surface area contributed by atoms with E-state index >= 15 is 0 Å². The van der Waals surface area contributed by atoms with E-state index in [4.69, 9.17) is 14.9 Å². The van der Waals surface area contributed by atoms with Crippen LogP contribution in [-0.2, 0) is 13.0 Å². The quantitative estimate of drug-likeness (QED) is 0.922. The maximum Gasteiger partial charge on any atom is 0.146 e. The van der Waals surface area contributed by atoms with Gasteiger partial charge in [-0.15, -0.1) is 0 Å². The Morgan fingerprint density at radius 2 is 1.76 bits per heavy atom. The second kappa shape index (κ2) is 5.89. The van der Waals surface area contributed by atoms with Crippen LogP contribution < -0.4 is 10.5 Å². The van der Waals surface area contributed by atoms with Crippen LogP contribution in [0.4, 0.5) is 0 Å². The molecule has 0 aliphatic carbocycles. The van der Waals surface area contributed by atoms with Gasteiger partial charge in [-0.3, -0.25) is 0 Å². The number of nitrogens with two attached hydrogens (primary N) is 1. The number of hydrogen-bond donors (Lipinski definition) is 1. The number of ether oxygens (including phenoxy) is 1. The van der Waals surface area contributed by atoms with Gasteiger partial charge in [-0.05, 0) is 42.9 Å². The molecule has 0 saturated heterocycles. The van der Waals surface area contributed by atoms with Gasteiger partial charge in [0.25, 0.3) is 0 Å².